The Morgan fingerprint density at radius 2 is 2.36 bits per heavy atom. The number of ether oxygens (including phenoxy) is 1. The molecule has 0 spiro atoms. The molecule has 0 bridgehead atoms. The smallest absolute Gasteiger partial charge is 0.132 e. The van der Waals surface area contributed by atoms with E-state index in [4.69, 9.17) is 15.1 Å². The van der Waals surface area contributed by atoms with Gasteiger partial charge in [-0.2, -0.15) is 5.26 Å². The number of phenols is 1. The Morgan fingerprint density at radius 1 is 1.64 bits per heavy atom. The summed E-state index contributed by atoms with van der Waals surface area (Å²) in [5.74, 6) is 0.280. The van der Waals surface area contributed by atoms with Crippen LogP contribution in [0.25, 0.3) is 0 Å². The van der Waals surface area contributed by atoms with Crippen LogP contribution in [0.5, 0.6) is 11.5 Å². The highest BCUT2D eigenvalue weighted by atomic mass is 16.5. The highest BCUT2D eigenvalue weighted by Crippen LogP contribution is 2.19. The summed E-state index contributed by atoms with van der Waals surface area (Å²) in [7, 11) is 1.45. The number of rotatable bonds is 1. The standard InChI is InChI=1S/C8H6NO2/c1-11-8-3-6(5-9)2-7(10)4-8/h2-3,10H,1H3. The van der Waals surface area contributed by atoms with E-state index < -0.39 is 0 Å². The van der Waals surface area contributed by atoms with Gasteiger partial charge in [-0.1, -0.05) is 0 Å². The molecule has 0 unspecified atom stereocenters. The lowest BCUT2D eigenvalue weighted by Gasteiger charge is -1.98. The molecule has 0 aliphatic carbocycles. The molecule has 0 fully saturated rings. The van der Waals surface area contributed by atoms with Crippen LogP contribution in [-0.2, 0) is 0 Å². The van der Waals surface area contributed by atoms with Gasteiger partial charge in [0.25, 0.3) is 0 Å². The first-order chi connectivity index (χ1) is 5.26. The molecule has 55 valence electrons. The van der Waals surface area contributed by atoms with Gasteiger partial charge >= 0.3 is 0 Å². The maximum atomic E-state index is 8.97. The van der Waals surface area contributed by atoms with Crippen LogP contribution in [0.2, 0.25) is 0 Å². The van der Waals surface area contributed by atoms with Gasteiger partial charge in [0.15, 0.2) is 0 Å². The van der Waals surface area contributed by atoms with E-state index in [1.165, 1.54) is 19.2 Å². The molecule has 0 saturated carbocycles. The number of nitriles is 1. The molecule has 3 heteroatoms. The third-order valence-corrected chi connectivity index (χ3v) is 1.18. The molecule has 0 amide bonds. The van der Waals surface area contributed by atoms with Crippen molar-refractivity contribution in [2.24, 2.45) is 0 Å². The van der Waals surface area contributed by atoms with Crippen molar-refractivity contribution < 1.29 is 9.84 Å². The lowest BCUT2D eigenvalue weighted by molar-refractivity contribution is 0.406. The molecule has 0 atom stereocenters. The molecule has 0 aliphatic heterocycles. The molecule has 1 aromatic carbocycles. The Morgan fingerprint density at radius 3 is 2.91 bits per heavy atom. The van der Waals surface area contributed by atoms with Gasteiger partial charge in [-0.25, -0.2) is 0 Å². The van der Waals surface area contributed by atoms with Gasteiger partial charge in [0.1, 0.15) is 11.5 Å². The summed E-state index contributed by atoms with van der Waals surface area (Å²) in [6, 6.07) is 7.22. The molecule has 1 N–H and O–H groups in total. The third kappa shape index (κ3) is 1.62. The summed E-state index contributed by atoms with van der Waals surface area (Å²) in [4.78, 5) is 0. The molecule has 11 heavy (non-hydrogen) atoms. The Kier molecular flexibility index (Phi) is 1.98. The molecular weight excluding hydrogens is 142 g/mol. The Hall–Kier alpha value is -1.69. The molecule has 1 aromatic rings. The topological polar surface area (TPSA) is 53.2 Å². The molecule has 3 nitrogen and oxygen atoms in total. The van der Waals surface area contributed by atoms with Crippen molar-refractivity contribution in [3.05, 3.63) is 23.8 Å². The van der Waals surface area contributed by atoms with E-state index in [1.807, 2.05) is 6.07 Å². The zero-order valence-corrected chi connectivity index (χ0v) is 5.96. The second-order valence-corrected chi connectivity index (χ2v) is 1.93. The van der Waals surface area contributed by atoms with Gasteiger partial charge < -0.3 is 9.84 Å². The van der Waals surface area contributed by atoms with Crippen LogP contribution in [-0.4, -0.2) is 12.2 Å². The van der Waals surface area contributed by atoms with Crippen molar-refractivity contribution in [2.75, 3.05) is 7.11 Å². The Balaban J connectivity index is 3.15. The second-order valence-electron chi connectivity index (χ2n) is 1.93. The summed E-state index contributed by atoms with van der Waals surface area (Å²) >= 11 is 0. The van der Waals surface area contributed by atoms with Crippen LogP contribution in [0.1, 0.15) is 5.56 Å². The molecule has 0 aliphatic rings. The quantitative estimate of drug-likeness (QED) is 0.648. The number of nitrogens with zero attached hydrogens (tertiary/aromatic N) is 1. The van der Waals surface area contributed by atoms with Gasteiger partial charge in [-0.3, -0.25) is 0 Å². The Labute approximate surface area is 64.5 Å². The predicted octanol–water partition coefficient (Wildman–Crippen LogP) is 1.07. The monoisotopic (exact) mass is 148 g/mol. The highest BCUT2D eigenvalue weighted by molar-refractivity contribution is 5.41. The minimum absolute atomic E-state index is 0.0825. The molecule has 0 saturated heterocycles. The van der Waals surface area contributed by atoms with Crippen LogP contribution in [0, 0.1) is 17.4 Å². The zero-order valence-electron chi connectivity index (χ0n) is 5.96. The number of methoxy groups -OCH3 is 1. The summed E-state index contributed by atoms with van der Waals surface area (Å²) in [5, 5.41) is 17.4. The number of benzene rings is 1. The van der Waals surface area contributed by atoms with E-state index in [0.717, 1.165) is 0 Å². The predicted molar refractivity (Wildman–Crippen MR) is 38.2 cm³/mol. The van der Waals surface area contributed by atoms with Crippen molar-refractivity contribution >= 4 is 0 Å². The molecule has 1 rings (SSSR count). The second kappa shape index (κ2) is 2.93. The summed E-state index contributed by atoms with van der Waals surface area (Å²) in [6.45, 7) is 0. The van der Waals surface area contributed by atoms with E-state index in [-0.39, 0.29) is 5.75 Å². The highest BCUT2D eigenvalue weighted by Gasteiger charge is 1.98. The number of hydrogen-bond donors (Lipinski definition) is 1. The summed E-state index contributed by atoms with van der Waals surface area (Å²) in [6.07, 6.45) is 0. The number of aromatic hydroxyl groups is 1. The normalized spacial score (nSPS) is 8.73. The van der Waals surface area contributed by atoms with Gasteiger partial charge in [-0.05, 0) is 12.1 Å². The fourth-order valence-corrected chi connectivity index (χ4v) is 0.703. The first-order valence-electron chi connectivity index (χ1n) is 2.96. The summed E-state index contributed by atoms with van der Waals surface area (Å²) < 4.78 is 4.77. The fraction of sp³-hybridized carbons (Fsp3) is 0.125. The van der Waals surface area contributed by atoms with E-state index in [2.05, 4.69) is 6.07 Å². The van der Waals surface area contributed by atoms with E-state index in [9.17, 15) is 0 Å². The molecular formula is C8H6NO2. The fourth-order valence-electron chi connectivity index (χ4n) is 0.703. The van der Waals surface area contributed by atoms with Crippen LogP contribution < -0.4 is 4.74 Å². The maximum Gasteiger partial charge on any atom is 0.132 e. The van der Waals surface area contributed by atoms with Crippen molar-refractivity contribution in [3.8, 4) is 17.6 Å². The average molecular weight is 148 g/mol. The Bertz CT molecular complexity index is 301. The lowest BCUT2D eigenvalue weighted by atomic mass is 10.2. The first kappa shape index (κ1) is 7.42. The first-order valence-corrected chi connectivity index (χ1v) is 2.96. The lowest BCUT2D eigenvalue weighted by Crippen LogP contribution is -1.83. The zero-order chi connectivity index (χ0) is 8.27. The third-order valence-electron chi connectivity index (χ3n) is 1.18. The number of phenolic OH excluding ortho intramolecular Hbond substituents is 1. The minimum Gasteiger partial charge on any atom is -0.507 e. The van der Waals surface area contributed by atoms with Crippen molar-refractivity contribution in [1.29, 1.82) is 5.26 Å². The van der Waals surface area contributed by atoms with Crippen LogP contribution in [0.3, 0.4) is 0 Å². The number of hydrogen-bond acceptors (Lipinski definition) is 3. The van der Waals surface area contributed by atoms with Crippen LogP contribution in [0.4, 0.5) is 0 Å². The molecule has 1 radical (unpaired) electrons. The van der Waals surface area contributed by atoms with Gasteiger partial charge in [0, 0.05) is 0 Å². The van der Waals surface area contributed by atoms with Crippen LogP contribution in [0.15, 0.2) is 12.1 Å². The minimum atomic E-state index is -0.0825. The van der Waals surface area contributed by atoms with Gasteiger partial charge in [0.2, 0.25) is 0 Å². The molecule has 0 aromatic heterocycles. The van der Waals surface area contributed by atoms with Crippen molar-refractivity contribution in [1.82, 2.24) is 0 Å². The SMILES string of the molecule is COc1[c]c(O)cc(C#N)c1. The maximum absolute atomic E-state index is 8.97. The van der Waals surface area contributed by atoms with E-state index >= 15 is 0 Å². The van der Waals surface area contributed by atoms with Crippen LogP contribution >= 0.6 is 0 Å². The van der Waals surface area contributed by atoms with Gasteiger partial charge in [0.05, 0.1) is 24.8 Å². The largest absolute Gasteiger partial charge is 0.507 e. The van der Waals surface area contributed by atoms with Crippen molar-refractivity contribution in [3.63, 3.8) is 0 Å². The van der Waals surface area contributed by atoms with E-state index in [0.29, 0.717) is 11.3 Å². The molecule has 0 heterocycles. The van der Waals surface area contributed by atoms with Gasteiger partial charge in [-0.15, -0.1) is 0 Å². The average Bonchev–Trinajstić information content (AvgIpc) is 2.03. The summed E-state index contributed by atoms with van der Waals surface area (Å²) in [5.41, 5.74) is 0.359. The van der Waals surface area contributed by atoms with E-state index in [1.54, 1.807) is 0 Å². The van der Waals surface area contributed by atoms with Crippen molar-refractivity contribution in [2.45, 2.75) is 0 Å².